The molecule has 0 fully saturated rings. The molecule has 0 aliphatic rings. The van der Waals surface area contributed by atoms with Crippen LogP contribution in [0, 0.1) is 11.2 Å². The average molecular weight is 278 g/mol. The van der Waals surface area contributed by atoms with Crippen molar-refractivity contribution in [3.63, 3.8) is 0 Å². The summed E-state index contributed by atoms with van der Waals surface area (Å²) in [5, 5.41) is 10.7. The topological polar surface area (TPSA) is 61.9 Å². The van der Waals surface area contributed by atoms with Gasteiger partial charge in [0.05, 0.1) is 10.7 Å². The number of anilines is 3. The Labute approximate surface area is 115 Å². The van der Waals surface area contributed by atoms with Gasteiger partial charge >= 0.3 is 0 Å². The zero-order chi connectivity index (χ0) is 14.0. The quantitative estimate of drug-likeness (QED) is 0.582. The number of benzene rings is 2. The van der Waals surface area contributed by atoms with E-state index in [1.54, 1.807) is 37.3 Å². The molecule has 0 aliphatic carbocycles. The van der Waals surface area contributed by atoms with Crippen molar-refractivity contribution in [3.05, 3.63) is 52.8 Å². The molecule has 0 radical (unpaired) electrons. The molecule has 2 aromatic carbocycles. The number of nitrogens with two attached hydrogens (primary N) is 1. The first-order valence-corrected chi connectivity index (χ1v) is 6.03. The van der Waals surface area contributed by atoms with E-state index in [2.05, 4.69) is 5.32 Å². The number of nitrogen functional groups attached to an aromatic ring is 1. The van der Waals surface area contributed by atoms with Gasteiger partial charge in [0.1, 0.15) is 5.82 Å². The molecule has 2 aromatic rings. The standard InChI is InChI=1S/C14H13ClFN3/c1-8(17)10-6-5-9(7-13(10)18)19-14-11(15)3-2-4-12(14)16/h2-7,17,19H,18H2,1H3. The van der Waals surface area contributed by atoms with Crippen LogP contribution in [0.15, 0.2) is 36.4 Å². The fourth-order valence-electron chi connectivity index (χ4n) is 1.74. The molecule has 0 atom stereocenters. The molecule has 0 saturated carbocycles. The maximum Gasteiger partial charge on any atom is 0.148 e. The normalized spacial score (nSPS) is 10.3. The van der Waals surface area contributed by atoms with Crippen molar-refractivity contribution >= 4 is 34.4 Å². The van der Waals surface area contributed by atoms with Crippen LogP contribution < -0.4 is 11.1 Å². The minimum atomic E-state index is -0.432. The molecular weight excluding hydrogens is 265 g/mol. The highest BCUT2D eigenvalue weighted by molar-refractivity contribution is 6.33. The van der Waals surface area contributed by atoms with Gasteiger partial charge in [-0.2, -0.15) is 0 Å². The number of para-hydroxylation sites is 1. The van der Waals surface area contributed by atoms with Crippen LogP contribution in [-0.2, 0) is 0 Å². The molecule has 0 spiro atoms. The summed E-state index contributed by atoms with van der Waals surface area (Å²) in [6, 6.07) is 9.57. The van der Waals surface area contributed by atoms with Crippen LogP contribution >= 0.6 is 11.6 Å². The first kappa shape index (κ1) is 13.4. The third-order valence-corrected chi connectivity index (χ3v) is 3.00. The van der Waals surface area contributed by atoms with E-state index in [0.717, 1.165) is 0 Å². The minimum absolute atomic E-state index is 0.211. The summed E-state index contributed by atoms with van der Waals surface area (Å²) in [6.45, 7) is 1.66. The highest BCUT2D eigenvalue weighted by Crippen LogP contribution is 2.29. The summed E-state index contributed by atoms with van der Waals surface area (Å²) in [7, 11) is 0. The summed E-state index contributed by atoms with van der Waals surface area (Å²) >= 11 is 5.93. The van der Waals surface area contributed by atoms with Crippen LogP contribution in [0.2, 0.25) is 5.02 Å². The molecule has 0 unspecified atom stereocenters. The second-order valence-corrected chi connectivity index (χ2v) is 4.56. The monoisotopic (exact) mass is 277 g/mol. The zero-order valence-electron chi connectivity index (χ0n) is 10.3. The van der Waals surface area contributed by atoms with E-state index in [9.17, 15) is 4.39 Å². The molecule has 0 bridgehead atoms. The average Bonchev–Trinajstić information content (AvgIpc) is 2.33. The Morgan fingerprint density at radius 3 is 2.63 bits per heavy atom. The predicted molar refractivity (Wildman–Crippen MR) is 78.0 cm³/mol. The van der Waals surface area contributed by atoms with Gasteiger partial charge in [-0.25, -0.2) is 4.39 Å². The summed E-state index contributed by atoms with van der Waals surface area (Å²) in [4.78, 5) is 0. The molecule has 3 nitrogen and oxygen atoms in total. The van der Waals surface area contributed by atoms with E-state index >= 15 is 0 Å². The Morgan fingerprint density at radius 1 is 1.32 bits per heavy atom. The third-order valence-electron chi connectivity index (χ3n) is 2.69. The lowest BCUT2D eigenvalue weighted by atomic mass is 10.1. The van der Waals surface area contributed by atoms with Gasteiger partial charge in [0, 0.05) is 22.6 Å². The van der Waals surface area contributed by atoms with Gasteiger partial charge < -0.3 is 16.5 Å². The molecule has 0 aliphatic heterocycles. The number of rotatable bonds is 3. The van der Waals surface area contributed by atoms with E-state index in [4.69, 9.17) is 22.7 Å². The maximum absolute atomic E-state index is 13.6. The van der Waals surface area contributed by atoms with Gasteiger partial charge in [-0.05, 0) is 37.3 Å². The van der Waals surface area contributed by atoms with Crippen LogP contribution in [0.5, 0.6) is 0 Å². The zero-order valence-corrected chi connectivity index (χ0v) is 11.1. The Morgan fingerprint density at radius 2 is 2.05 bits per heavy atom. The lowest BCUT2D eigenvalue weighted by Gasteiger charge is -2.11. The van der Waals surface area contributed by atoms with Crippen molar-refractivity contribution in [2.75, 3.05) is 11.1 Å². The van der Waals surface area contributed by atoms with E-state index in [0.29, 0.717) is 27.7 Å². The third kappa shape index (κ3) is 2.85. The Kier molecular flexibility index (Phi) is 3.71. The molecule has 0 heterocycles. The Balaban J connectivity index is 2.34. The summed E-state index contributed by atoms with van der Waals surface area (Å²) in [6.07, 6.45) is 0. The second kappa shape index (κ2) is 5.28. The van der Waals surface area contributed by atoms with Crippen molar-refractivity contribution < 1.29 is 4.39 Å². The largest absolute Gasteiger partial charge is 0.398 e. The van der Waals surface area contributed by atoms with Crippen molar-refractivity contribution in [1.82, 2.24) is 0 Å². The van der Waals surface area contributed by atoms with Crippen LogP contribution in [-0.4, -0.2) is 5.71 Å². The van der Waals surface area contributed by atoms with E-state index in [-0.39, 0.29) is 5.69 Å². The van der Waals surface area contributed by atoms with Crippen LogP contribution in [0.1, 0.15) is 12.5 Å². The molecule has 2 rings (SSSR count). The number of halogens is 2. The second-order valence-electron chi connectivity index (χ2n) is 4.15. The molecule has 0 amide bonds. The minimum Gasteiger partial charge on any atom is -0.398 e. The first-order valence-electron chi connectivity index (χ1n) is 5.65. The van der Waals surface area contributed by atoms with Crippen LogP contribution in [0.3, 0.4) is 0 Å². The van der Waals surface area contributed by atoms with E-state index in [1.807, 2.05) is 0 Å². The Hall–Kier alpha value is -2.07. The molecule has 19 heavy (non-hydrogen) atoms. The van der Waals surface area contributed by atoms with E-state index in [1.165, 1.54) is 6.07 Å². The lowest BCUT2D eigenvalue weighted by Crippen LogP contribution is -2.01. The van der Waals surface area contributed by atoms with Crippen molar-refractivity contribution in [1.29, 1.82) is 5.41 Å². The smallest absolute Gasteiger partial charge is 0.148 e. The number of nitrogens with one attached hydrogen (secondary N) is 2. The van der Waals surface area contributed by atoms with Gasteiger partial charge in [0.2, 0.25) is 0 Å². The van der Waals surface area contributed by atoms with Crippen LogP contribution in [0.25, 0.3) is 0 Å². The molecule has 0 saturated heterocycles. The van der Waals surface area contributed by atoms with Gasteiger partial charge in [-0.3, -0.25) is 0 Å². The van der Waals surface area contributed by atoms with Crippen LogP contribution in [0.4, 0.5) is 21.5 Å². The van der Waals surface area contributed by atoms with Crippen molar-refractivity contribution in [3.8, 4) is 0 Å². The summed E-state index contributed by atoms with van der Waals surface area (Å²) in [5.74, 6) is -0.432. The lowest BCUT2D eigenvalue weighted by molar-refractivity contribution is 0.632. The molecule has 4 N–H and O–H groups in total. The number of hydrogen-bond donors (Lipinski definition) is 3. The molecule has 5 heteroatoms. The fraction of sp³-hybridized carbons (Fsp3) is 0.0714. The fourth-order valence-corrected chi connectivity index (χ4v) is 1.95. The first-order chi connectivity index (χ1) is 8.99. The van der Waals surface area contributed by atoms with Gasteiger partial charge in [0.25, 0.3) is 0 Å². The predicted octanol–water partition coefficient (Wildman–Crippen LogP) is 4.19. The van der Waals surface area contributed by atoms with E-state index < -0.39 is 5.82 Å². The molecule has 98 valence electrons. The highest BCUT2D eigenvalue weighted by Gasteiger charge is 2.08. The summed E-state index contributed by atoms with van der Waals surface area (Å²) in [5.41, 5.74) is 8.18. The molecule has 0 aromatic heterocycles. The Bertz CT molecular complexity index is 620. The SMILES string of the molecule is CC(=N)c1ccc(Nc2c(F)cccc2Cl)cc1N. The highest BCUT2D eigenvalue weighted by atomic mass is 35.5. The molecular formula is C14H13ClFN3. The van der Waals surface area contributed by atoms with Crippen molar-refractivity contribution in [2.45, 2.75) is 6.92 Å². The van der Waals surface area contributed by atoms with Crippen molar-refractivity contribution in [2.24, 2.45) is 0 Å². The van der Waals surface area contributed by atoms with Gasteiger partial charge in [-0.15, -0.1) is 0 Å². The summed E-state index contributed by atoms with van der Waals surface area (Å²) < 4.78 is 13.6. The number of hydrogen-bond acceptors (Lipinski definition) is 3. The van der Waals surface area contributed by atoms with Gasteiger partial charge in [-0.1, -0.05) is 17.7 Å². The van der Waals surface area contributed by atoms with Gasteiger partial charge in [0.15, 0.2) is 0 Å². The maximum atomic E-state index is 13.6.